The van der Waals surface area contributed by atoms with Crippen LogP contribution in [0.4, 0.5) is 0 Å². The molecule has 0 aliphatic heterocycles. The summed E-state index contributed by atoms with van der Waals surface area (Å²) >= 11 is 8.96. The molecule has 4 aromatic carbocycles. The molecule has 1 atom stereocenters. The van der Waals surface area contributed by atoms with Crippen molar-refractivity contribution >= 4 is 58.7 Å². The summed E-state index contributed by atoms with van der Waals surface area (Å²) < 4.78 is 8.70. The van der Waals surface area contributed by atoms with Gasteiger partial charge < -0.3 is 0 Å². The fraction of sp³-hybridized carbons (Fsp3) is 0.250. The first-order chi connectivity index (χ1) is 20.6. The SMILES string of the molecule is CCC1=[C]([Zr](=[CH]c2ccc(Cl)cc2)(=[CH]c2ccc(Cl)cc2)[c]2cccc3c2Cc2ccccc2-3)C(CC)C=C1C(C)(C)C.Cl.Cl. The molecule has 0 spiro atoms. The maximum absolute atomic E-state index is 6.43. The van der Waals surface area contributed by atoms with Gasteiger partial charge in [-0.15, -0.1) is 24.8 Å². The summed E-state index contributed by atoms with van der Waals surface area (Å²) in [6.45, 7) is 11.9. The largest absolute Gasteiger partial charge is 0.147 e. The molecular formula is C40H42Cl4Zr. The number of hydrogen-bond donors (Lipinski definition) is 0. The third-order valence-corrected chi connectivity index (χ3v) is 20.8. The molecule has 0 N–H and O–H groups in total. The van der Waals surface area contributed by atoms with Gasteiger partial charge in [-0.2, -0.15) is 0 Å². The topological polar surface area (TPSA) is 0 Å². The van der Waals surface area contributed by atoms with Crippen molar-refractivity contribution in [1.29, 1.82) is 0 Å². The summed E-state index contributed by atoms with van der Waals surface area (Å²) in [7, 11) is 0. The molecule has 4 aromatic rings. The molecule has 5 heteroatoms. The number of hydrogen-bond acceptors (Lipinski definition) is 0. The molecule has 45 heavy (non-hydrogen) atoms. The van der Waals surface area contributed by atoms with Crippen molar-refractivity contribution in [2.75, 3.05) is 0 Å². The molecule has 2 aliphatic carbocycles. The van der Waals surface area contributed by atoms with Crippen LogP contribution in [0.2, 0.25) is 10.0 Å². The summed E-state index contributed by atoms with van der Waals surface area (Å²) in [5, 5.41) is 1.54. The molecule has 0 fully saturated rings. The number of allylic oxidation sites excluding steroid dienone is 4. The van der Waals surface area contributed by atoms with Crippen LogP contribution in [-0.4, -0.2) is 7.42 Å². The van der Waals surface area contributed by atoms with Crippen LogP contribution in [0.3, 0.4) is 0 Å². The van der Waals surface area contributed by atoms with E-state index in [1.54, 1.807) is 12.1 Å². The van der Waals surface area contributed by atoms with E-state index in [0.29, 0.717) is 5.92 Å². The Bertz CT molecular complexity index is 1820. The van der Waals surface area contributed by atoms with E-state index >= 15 is 0 Å². The molecule has 0 radical (unpaired) electrons. The maximum Gasteiger partial charge on any atom is -0.147 e. The van der Waals surface area contributed by atoms with Gasteiger partial charge in [0.05, 0.1) is 0 Å². The Morgan fingerprint density at radius 2 is 1.29 bits per heavy atom. The van der Waals surface area contributed by atoms with Gasteiger partial charge in [0.1, 0.15) is 0 Å². The van der Waals surface area contributed by atoms with E-state index in [-0.39, 0.29) is 30.2 Å². The van der Waals surface area contributed by atoms with Crippen LogP contribution in [0.25, 0.3) is 11.1 Å². The molecular weight excluding hydrogens is 713 g/mol. The van der Waals surface area contributed by atoms with E-state index in [2.05, 4.69) is 115 Å². The third-order valence-electron chi connectivity index (χ3n) is 9.26. The standard InChI is InChI=1S/C13H9.C13H21.2C7H5Cl.2ClH.Zr/c1-3-7-12-10(5-1)9-11-6-2-4-8-13(11)12;1-6-10-8-11(7-2)12(9-10)13(3,4)5;2*1-6-2-4-7(8)5-3-6;;;/h1-5,7-8H,9H2;9-10H,6-7H2,1-5H3;2*1-5H;2*1H;. The van der Waals surface area contributed by atoms with E-state index in [4.69, 9.17) is 23.2 Å². The minimum Gasteiger partial charge on any atom is -0.147 e. The van der Waals surface area contributed by atoms with E-state index < -0.39 is 19.3 Å². The first kappa shape index (κ1) is 36.0. The van der Waals surface area contributed by atoms with Crippen LogP contribution in [0.5, 0.6) is 0 Å². The molecule has 0 heterocycles. The fourth-order valence-electron chi connectivity index (χ4n) is 7.40. The second-order valence-corrected chi connectivity index (χ2v) is 22.2. The molecule has 0 nitrogen and oxygen atoms in total. The van der Waals surface area contributed by atoms with Gasteiger partial charge in [-0.25, -0.2) is 0 Å². The quantitative estimate of drug-likeness (QED) is 0.162. The zero-order chi connectivity index (χ0) is 30.4. The minimum absolute atomic E-state index is 0. The van der Waals surface area contributed by atoms with Gasteiger partial charge in [-0.05, 0) is 0 Å². The normalized spacial score (nSPS) is 15.1. The number of halogens is 4. The molecule has 1 unspecified atom stereocenters. The monoisotopic (exact) mass is 752 g/mol. The Morgan fingerprint density at radius 1 is 0.733 bits per heavy atom. The van der Waals surface area contributed by atoms with Gasteiger partial charge in [0.25, 0.3) is 0 Å². The zero-order valence-electron chi connectivity index (χ0n) is 26.7. The maximum atomic E-state index is 6.43. The summed E-state index contributed by atoms with van der Waals surface area (Å²) in [5.41, 5.74) is 11.4. The van der Waals surface area contributed by atoms with Crippen LogP contribution < -0.4 is 3.27 Å². The average Bonchev–Trinajstić information content (AvgIpc) is 3.58. The Balaban J connectivity index is 0.00000230. The zero-order valence-corrected chi connectivity index (χ0v) is 32.3. The van der Waals surface area contributed by atoms with E-state index in [9.17, 15) is 0 Å². The van der Waals surface area contributed by atoms with Gasteiger partial charge >= 0.3 is 273 Å². The first-order valence-electron chi connectivity index (χ1n) is 15.5. The van der Waals surface area contributed by atoms with Gasteiger partial charge in [-0.1, -0.05) is 0 Å². The van der Waals surface area contributed by atoms with Crippen molar-refractivity contribution in [3.05, 3.63) is 144 Å². The predicted molar refractivity (Wildman–Crippen MR) is 201 cm³/mol. The Labute approximate surface area is 295 Å². The number of rotatable bonds is 6. The second kappa shape index (κ2) is 14.5. The van der Waals surface area contributed by atoms with E-state index in [1.807, 2.05) is 24.3 Å². The third kappa shape index (κ3) is 6.91. The van der Waals surface area contributed by atoms with Crippen LogP contribution in [-0.2, 0) is 25.7 Å². The second-order valence-electron chi connectivity index (χ2n) is 13.0. The Morgan fingerprint density at radius 3 is 1.82 bits per heavy atom. The molecule has 234 valence electrons. The van der Waals surface area contributed by atoms with Crippen molar-refractivity contribution in [1.82, 2.24) is 0 Å². The smallest absolute Gasteiger partial charge is 0.147 e. The summed E-state index contributed by atoms with van der Waals surface area (Å²) in [4.78, 5) is 0. The average molecular weight is 756 g/mol. The summed E-state index contributed by atoms with van der Waals surface area (Å²) in [6, 6.07) is 33.1. The number of benzene rings is 4. The van der Waals surface area contributed by atoms with Crippen molar-refractivity contribution in [3.63, 3.8) is 0 Å². The molecule has 0 aromatic heterocycles. The van der Waals surface area contributed by atoms with Crippen LogP contribution in [0.15, 0.2) is 111 Å². The molecule has 0 amide bonds. The summed E-state index contributed by atoms with van der Waals surface area (Å²) in [5.74, 6) is 0.409. The van der Waals surface area contributed by atoms with Gasteiger partial charge in [0.15, 0.2) is 0 Å². The van der Waals surface area contributed by atoms with Crippen LogP contribution >= 0.6 is 48.0 Å². The van der Waals surface area contributed by atoms with E-state index in [1.165, 1.54) is 39.0 Å². The number of fused-ring (bicyclic) bond motifs is 3. The summed E-state index contributed by atoms with van der Waals surface area (Å²) in [6.07, 6.45) is 5.73. The van der Waals surface area contributed by atoms with E-state index in [0.717, 1.165) is 29.3 Å². The molecule has 2 aliphatic rings. The van der Waals surface area contributed by atoms with Crippen molar-refractivity contribution < 1.29 is 19.3 Å². The van der Waals surface area contributed by atoms with Crippen molar-refractivity contribution in [2.24, 2.45) is 11.3 Å². The van der Waals surface area contributed by atoms with Crippen molar-refractivity contribution in [3.8, 4) is 11.1 Å². The predicted octanol–water partition coefficient (Wildman–Crippen LogP) is 11.6. The fourth-order valence-corrected chi connectivity index (χ4v) is 20.5. The van der Waals surface area contributed by atoms with Gasteiger partial charge in [0, 0.05) is 0 Å². The van der Waals surface area contributed by atoms with Gasteiger partial charge in [-0.3, -0.25) is 0 Å². The van der Waals surface area contributed by atoms with Crippen molar-refractivity contribution in [2.45, 2.75) is 53.9 Å². The molecule has 6 rings (SSSR count). The van der Waals surface area contributed by atoms with Crippen LogP contribution in [0, 0.1) is 11.3 Å². The molecule has 0 saturated heterocycles. The minimum atomic E-state index is -3.89. The van der Waals surface area contributed by atoms with Crippen LogP contribution in [0.1, 0.15) is 69.7 Å². The Kier molecular flexibility index (Phi) is 11.6. The Hall–Kier alpha value is -1.86. The molecule has 0 saturated carbocycles. The first-order valence-corrected chi connectivity index (χ1v) is 21.6. The molecule has 0 bridgehead atoms. The van der Waals surface area contributed by atoms with Gasteiger partial charge in [0.2, 0.25) is 0 Å².